The molecule has 6 nitrogen and oxygen atoms in total. The highest BCUT2D eigenvalue weighted by atomic mass is 16.3. The molecule has 4 rings (SSSR count). The van der Waals surface area contributed by atoms with Crippen LogP contribution in [-0.2, 0) is 4.79 Å². The van der Waals surface area contributed by atoms with Gasteiger partial charge >= 0.3 is 0 Å². The largest absolute Gasteiger partial charge is 0.392 e. The third-order valence-corrected chi connectivity index (χ3v) is 9.49. The number of carbonyl (C=O) groups is 2. The first-order valence-corrected chi connectivity index (χ1v) is 13.5. The zero-order chi connectivity index (χ0) is 25.2. The average Bonchev–Trinajstić information content (AvgIpc) is 2.86. The van der Waals surface area contributed by atoms with Crippen LogP contribution in [-0.4, -0.2) is 35.1 Å². The molecular weight excluding hydrogens is 438 g/mol. The number of nitrogens with one attached hydrogen (secondary N) is 2. The van der Waals surface area contributed by atoms with E-state index in [9.17, 15) is 14.7 Å². The summed E-state index contributed by atoms with van der Waals surface area (Å²) < 4.78 is 0. The van der Waals surface area contributed by atoms with E-state index in [1.165, 1.54) is 19.3 Å². The van der Waals surface area contributed by atoms with Crippen LogP contribution in [0.3, 0.4) is 0 Å². The topological polar surface area (TPSA) is 102 Å². The monoisotopic (exact) mass is 479 g/mol. The van der Waals surface area contributed by atoms with Gasteiger partial charge in [0.25, 0.3) is 5.91 Å². The number of nitriles is 1. The van der Waals surface area contributed by atoms with Crippen LogP contribution in [0.15, 0.2) is 24.3 Å². The van der Waals surface area contributed by atoms with Gasteiger partial charge in [0.2, 0.25) is 5.91 Å². The first kappa shape index (κ1) is 25.7. The van der Waals surface area contributed by atoms with Gasteiger partial charge in [-0.15, -0.1) is 0 Å². The number of nitrogens with zero attached hydrogens (tertiary/aromatic N) is 1. The lowest BCUT2D eigenvalue weighted by Gasteiger charge is -2.56. The minimum atomic E-state index is -0.564. The maximum Gasteiger partial charge on any atom is 0.251 e. The van der Waals surface area contributed by atoms with Crippen LogP contribution in [0.5, 0.6) is 0 Å². The van der Waals surface area contributed by atoms with Gasteiger partial charge in [-0.05, 0) is 86.0 Å². The van der Waals surface area contributed by atoms with Crippen LogP contribution >= 0.6 is 0 Å². The normalized spacial score (nSPS) is 34.2. The van der Waals surface area contributed by atoms with E-state index < -0.39 is 6.10 Å². The molecule has 0 aromatic heterocycles. The zero-order valence-electron chi connectivity index (χ0n) is 21.4. The third-order valence-electron chi connectivity index (χ3n) is 9.49. The second-order valence-corrected chi connectivity index (χ2v) is 11.7. The molecule has 190 valence electrons. The highest BCUT2D eigenvalue weighted by Crippen LogP contribution is 2.55. The van der Waals surface area contributed by atoms with Crippen molar-refractivity contribution in [3.8, 4) is 6.07 Å². The van der Waals surface area contributed by atoms with Crippen molar-refractivity contribution in [2.45, 2.75) is 96.7 Å². The summed E-state index contributed by atoms with van der Waals surface area (Å²) in [6, 6.07) is 9.01. The Morgan fingerprint density at radius 2 is 1.71 bits per heavy atom. The second-order valence-electron chi connectivity index (χ2n) is 11.7. The summed E-state index contributed by atoms with van der Waals surface area (Å²) in [7, 11) is 0. The van der Waals surface area contributed by atoms with Crippen LogP contribution in [0.4, 0.5) is 0 Å². The fraction of sp³-hybridized carbons (Fsp3) is 0.690. The Balaban J connectivity index is 1.42. The molecule has 0 unspecified atom stereocenters. The minimum absolute atomic E-state index is 0.0184. The number of carbonyl (C=O) groups excluding carboxylic acids is 2. The van der Waals surface area contributed by atoms with E-state index in [1.54, 1.807) is 24.3 Å². The number of hydrogen-bond donors (Lipinski definition) is 3. The van der Waals surface area contributed by atoms with Crippen LogP contribution in [0, 0.1) is 40.4 Å². The van der Waals surface area contributed by atoms with Crippen molar-refractivity contribution < 1.29 is 14.7 Å². The van der Waals surface area contributed by atoms with E-state index in [0.717, 1.165) is 38.5 Å². The Labute approximate surface area is 209 Å². The van der Waals surface area contributed by atoms with E-state index >= 15 is 0 Å². The molecule has 35 heavy (non-hydrogen) atoms. The van der Waals surface area contributed by atoms with Crippen molar-refractivity contribution in [1.82, 2.24) is 10.6 Å². The van der Waals surface area contributed by atoms with E-state index in [4.69, 9.17) is 5.26 Å². The summed E-state index contributed by atoms with van der Waals surface area (Å²) in [6.07, 6.45) is 8.86. The summed E-state index contributed by atoms with van der Waals surface area (Å²) in [5.74, 6) is -0.214. The number of aliphatic hydroxyl groups excluding tert-OH is 1. The molecule has 0 radical (unpaired) electrons. The van der Waals surface area contributed by atoms with E-state index in [0.29, 0.717) is 11.1 Å². The summed E-state index contributed by atoms with van der Waals surface area (Å²) in [5.41, 5.74) is 1.09. The average molecular weight is 480 g/mol. The molecule has 3 N–H and O–H groups in total. The molecule has 7 atom stereocenters. The minimum Gasteiger partial charge on any atom is -0.392 e. The predicted molar refractivity (Wildman–Crippen MR) is 135 cm³/mol. The molecule has 3 fully saturated rings. The van der Waals surface area contributed by atoms with Crippen LogP contribution in [0.25, 0.3) is 0 Å². The summed E-state index contributed by atoms with van der Waals surface area (Å²) in [6.45, 7) is 6.40. The Bertz CT molecular complexity index is 949. The Morgan fingerprint density at radius 1 is 1.06 bits per heavy atom. The SMILES string of the molecule is C[C@@H]1[C@@H]2[C@@H](O)[C@H]([C@H](C)C(=O)NC3CCCCC3)CC[C@]2(C)CC[C@@H]1NC(=O)c1ccc(C#N)cc1. The lowest BCUT2D eigenvalue weighted by atomic mass is 9.51. The van der Waals surface area contributed by atoms with Crippen molar-refractivity contribution in [2.75, 3.05) is 0 Å². The number of rotatable bonds is 5. The van der Waals surface area contributed by atoms with Gasteiger partial charge in [0.1, 0.15) is 0 Å². The molecule has 1 aromatic carbocycles. The summed E-state index contributed by atoms with van der Waals surface area (Å²) >= 11 is 0. The standard InChI is InChI=1S/C29H41N3O3/c1-18(27(34)31-22-7-5-4-6-8-22)23-13-15-29(3)16-14-24(19(2)25(29)26(23)33)32-28(35)21-11-9-20(17-30)10-12-21/h9-12,18-19,22-26,33H,4-8,13-16H2,1-3H3,(H,31,34)(H,32,35)/t18-,19-,23-,24-,25+,26-,29+/m0/s1. The molecule has 3 saturated carbocycles. The molecule has 3 aliphatic carbocycles. The lowest BCUT2D eigenvalue weighted by molar-refractivity contribution is -0.142. The lowest BCUT2D eigenvalue weighted by Crippen LogP contribution is -2.58. The maximum atomic E-state index is 13.1. The summed E-state index contributed by atoms with van der Waals surface area (Å²) in [4.78, 5) is 26.0. The van der Waals surface area contributed by atoms with Crippen LogP contribution < -0.4 is 10.6 Å². The molecule has 0 spiro atoms. The molecule has 6 heteroatoms. The van der Waals surface area contributed by atoms with Crippen molar-refractivity contribution >= 4 is 11.8 Å². The smallest absolute Gasteiger partial charge is 0.251 e. The van der Waals surface area contributed by atoms with Gasteiger partial charge in [0, 0.05) is 23.6 Å². The van der Waals surface area contributed by atoms with E-state index in [-0.39, 0.29) is 53.0 Å². The second kappa shape index (κ2) is 10.7. The summed E-state index contributed by atoms with van der Waals surface area (Å²) in [5, 5.41) is 27.1. The van der Waals surface area contributed by atoms with E-state index in [1.807, 2.05) is 6.92 Å². The van der Waals surface area contributed by atoms with Crippen LogP contribution in [0.1, 0.15) is 94.5 Å². The fourth-order valence-electron chi connectivity index (χ4n) is 7.22. The van der Waals surface area contributed by atoms with Crippen molar-refractivity contribution in [1.29, 1.82) is 5.26 Å². The van der Waals surface area contributed by atoms with Gasteiger partial charge in [0.05, 0.1) is 17.7 Å². The Kier molecular flexibility index (Phi) is 7.86. The molecule has 0 aliphatic heterocycles. The molecular formula is C29H41N3O3. The maximum absolute atomic E-state index is 13.1. The zero-order valence-corrected chi connectivity index (χ0v) is 21.4. The van der Waals surface area contributed by atoms with Gasteiger partial charge in [0.15, 0.2) is 0 Å². The number of hydrogen-bond acceptors (Lipinski definition) is 4. The Morgan fingerprint density at radius 3 is 2.37 bits per heavy atom. The van der Waals surface area contributed by atoms with E-state index in [2.05, 4.69) is 30.6 Å². The van der Waals surface area contributed by atoms with Crippen molar-refractivity contribution in [2.24, 2.45) is 29.1 Å². The highest BCUT2D eigenvalue weighted by Gasteiger charge is 2.54. The third kappa shape index (κ3) is 5.40. The quantitative estimate of drug-likeness (QED) is 0.576. The van der Waals surface area contributed by atoms with Gasteiger partial charge in [-0.2, -0.15) is 5.26 Å². The van der Waals surface area contributed by atoms with Crippen molar-refractivity contribution in [3.05, 3.63) is 35.4 Å². The molecule has 3 aliphatic rings. The Hall–Kier alpha value is -2.39. The number of aliphatic hydroxyl groups is 1. The predicted octanol–water partition coefficient (Wildman–Crippen LogP) is 4.56. The first-order valence-electron chi connectivity index (χ1n) is 13.5. The molecule has 0 bridgehead atoms. The van der Waals surface area contributed by atoms with Gasteiger partial charge in [-0.3, -0.25) is 9.59 Å². The highest BCUT2D eigenvalue weighted by molar-refractivity contribution is 5.94. The van der Waals surface area contributed by atoms with Crippen LogP contribution in [0.2, 0.25) is 0 Å². The van der Waals surface area contributed by atoms with Gasteiger partial charge < -0.3 is 15.7 Å². The molecule has 0 heterocycles. The number of amides is 2. The molecule has 2 amide bonds. The first-order chi connectivity index (χ1) is 16.7. The number of fused-ring (bicyclic) bond motifs is 1. The fourth-order valence-corrected chi connectivity index (χ4v) is 7.22. The molecule has 0 saturated heterocycles. The number of benzene rings is 1. The molecule has 1 aromatic rings. The van der Waals surface area contributed by atoms with Gasteiger partial charge in [-0.1, -0.05) is 40.0 Å². The van der Waals surface area contributed by atoms with Gasteiger partial charge in [-0.25, -0.2) is 0 Å². The van der Waals surface area contributed by atoms with Crippen molar-refractivity contribution in [3.63, 3.8) is 0 Å².